The molecule has 0 aliphatic carbocycles. The molecule has 1 aliphatic rings. The zero-order valence-electron chi connectivity index (χ0n) is 18.3. The van der Waals surface area contributed by atoms with E-state index in [1.807, 2.05) is 42.2 Å². The predicted molar refractivity (Wildman–Crippen MR) is 119 cm³/mol. The van der Waals surface area contributed by atoms with Crippen LogP contribution in [-0.4, -0.2) is 68.1 Å². The van der Waals surface area contributed by atoms with Crippen LogP contribution in [0.4, 0.5) is 0 Å². The normalized spacial score (nSPS) is 14.2. The number of nitrogens with one attached hydrogen (secondary N) is 1. The Morgan fingerprint density at radius 2 is 1.74 bits per heavy atom. The molecule has 0 radical (unpaired) electrons. The minimum Gasteiger partial charge on any atom is -0.493 e. The fraction of sp³-hybridized carbons (Fsp3) is 0.417. The van der Waals surface area contributed by atoms with E-state index in [0.29, 0.717) is 62.9 Å². The molecule has 1 saturated heterocycles. The van der Waals surface area contributed by atoms with Crippen LogP contribution in [0.3, 0.4) is 0 Å². The third kappa shape index (κ3) is 6.46. The Morgan fingerprint density at radius 3 is 2.42 bits per heavy atom. The molecular formula is C24H31N3O4. The van der Waals surface area contributed by atoms with Gasteiger partial charge >= 0.3 is 0 Å². The number of carbonyl (C=O) groups excluding carboxylic acids is 2. The van der Waals surface area contributed by atoms with Gasteiger partial charge in [-0.2, -0.15) is 0 Å². The molecule has 1 N–H and O–H groups in total. The number of rotatable bonds is 9. The fourth-order valence-electron chi connectivity index (χ4n) is 3.48. The van der Waals surface area contributed by atoms with Crippen molar-refractivity contribution < 1.29 is 19.1 Å². The molecule has 2 aromatic carbocycles. The van der Waals surface area contributed by atoms with Gasteiger partial charge in [0.2, 0.25) is 5.91 Å². The Bertz CT molecular complexity index is 864. The molecule has 1 aliphatic heterocycles. The maximum Gasteiger partial charge on any atom is 0.254 e. The van der Waals surface area contributed by atoms with E-state index in [9.17, 15) is 9.59 Å². The first-order chi connectivity index (χ1) is 15.1. The number of ether oxygens (including phenoxy) is 2. The van der Waals surface area contributed by atoms with Crippen molar-refractivity contribution in [1.82, 2.24) is 15.1 Å². The van der Waals surface area contributed by atoms with Gasteiger partial charge in [-0.3, -0.25) is 14.5 Å². The van der Waals surface area contributed by atoms with E-state index in [1.54, 1.807) is 25.3 Å². The van der Waals surface area contributed by atoms with Gasteiger partial charge in [-0.05, 0) is 30.2 Å². The van der Waals surface area contributed by atoms with Gasteiger partial charge in [0, 0.05) is 38.3 Å². The van der Waals surface area contributed by atoms with Gasteiger partial charge in [0.05, 0.1) is 20.3 Å². The highest BCUT2D eigenvalue weighted by Crippen LogP contribution is 2.28. The lowest BCUT2D eigenvalue weighted by molar-refractivity contribution is -0.122. The molecule has 0 saturated carbocycles. The molecular weight excluding hydrogens is 394 g/mol. The number of nitrogens with zero attached hydrogens (tertiary/aromatic N) is 2. The van der Waals surface area contributed by atoms with Crippen LogP contribution in [-0.2, 0) is 11.3 Å². The Morgan fingerprint density at radius 1 is 1.00 bits per heavy atom. The van der Waals surface area contributed by atoms with Crippen molar-refractivity contribution in [1.29, 1.82) is 0 Å². The lowest BCUT2D eigenvalue weighted by Gasteiger charge is -2.34. The summed E-state index contributed by atoms with van der Waals surface area (Å²) in [5.41, 5.74) is 1.66. The van der Waals surface area contributed by atoms with Gasteiger partial charge < -0.3 is 19.7 Å². The number of amides is 2. The summed E-state index contributed by atoms with van der Waals surface area (Å²) >= 11 is 0. The summed E-state index contributed by atoms with van der Waals surface area (Å²) in [6, 6.07) is 15.1. The Kier molecular flexibility index (Phi) is 8.29. The highest BCUT2D eigenvalue weighted by atomic mass is 16.5. The zero-order chi connectivity index (χ0) is 22.1. The largest absolute Gasteiger partial charge is 0.493 e. The van der Waals surface area contributed by atoms with Crippen LogP contribution < -0.4 is 14.8 Å². The topological polar surface area (TPSA) is 71.1 Å². The van der Waals surface area contributed by atoms with Crippen molar-refractivity contribution in [3.8, 4) is 11.5 Å². The molecule has 0 aromatic heterocycles. The third-order valence-electron chi connectivity index (χ3n) is 5.23. The molecule has 31 heavy (non-hydrogen) atoms. The molecule has 166 valence electrons. The quantitative estimate of drug-likeness (QED) is 0.669. The van der Waals surface area contributed by atoms with Gasteiger partial charge in [0.15, 0.2) is 11.5 Å². The number of methoxy groups -OCH3 is 1. The summed E-state index contributed by atoms with van der Waals surface area (Å²) in [5.74, 6) is 1.17. The molecule has 0 unspecified atom stereocenters. The maximum absolute atomic E-state index is 12.9. The molecule has 7 heteroatoms. The van der Waals surface area contributed by atoms with Crippen LogP contribution >= 0.6 is 0 Å². The SMILES string of the molecule is CCCOc1ccc(C(=O)N2CCN(CC(=O)NCc3ccccc3)CC2)cc1OC. The van der Waals surface area contributed by atoms with Crippen LogP contribution in [0, 0.1) is 0 Å². The van der Waals surface area contributed by atoms with Gasteiger partial charge in [-0.25, -0.2) is 0 Å². The van der Waals surface area contributed by atoms with E-state index in [0.717, 1.165) is 12.0 Å². The van der Waals surface area contributed by atoms with Crippen LogP contribution in [0.25, 0.3) is 0 Å². The fourth-order valence-corrected chi connectivity index (χ4v) is 3.48. The lowest BCUT2D eigenvalue weighted by atomic mass is 10.1. The Hall–Kier alpha value is -3.06. The molecule has 1 fully saturated rings. The molecule has 1 heterocycles. The number of hydrogen-bond acceptors (Lipinski definition) is 5. The van der Waals surface area contributed by atoms with Crippen molar-refractivity contribution in [2.24, 2.45) is 0 Å². The van der Waals surface area contributed by atoms with Gasteiger partial charge in [-0.1, -0.05) is 37.3 Å². The highest BCUT2D eigenvalue weighted by Gasteiger charge is 2.24. The minimum atomic E-state index is -0.0338. The summed E-state index contributed by atoms with van der Waals surface area (Å²) in [4.78, 5) is 29.0. The minimum absolute atomic E-state index is 0.00367. The Balaban J connectivity index is 1.47. The van der Waals surface area contributed by atoms with Gasteiger partial charge in [-0.15, -0.1) is 0 Å². The van der Waals surface area contributed by atoms with Crippen molar-refractivity contribution in [3.63, 3.8) is 0 Å². The molecule has 2 aromatic rings. The van der Waals surface area contributed by atoms with Crippen molar-refractivity contribution in [2.45, 2.75) is 19.9 Å². The monoisotopic (exact) mass is 425 g/mol. The van der Waals surface area contributed by atoms with Crippen LogP contribution in [0.1, 0.15) is 29.3 Å². The van der Waals surface area contributed by atoms with Crippen molar-refractivity contribution in [2.75, 3.05) is 46.4 Å². The van der Waals surface area contributed by atoms with E-state index in [1.165, 1.54) is 0 Å². The molecule has 3 rings (SSSR count). The zero-order valence-corrected chi connectivity index (χ0v) is 18.3. The summed E-state index contributed by atoms with van der Waals surface area (Å²) in [7, 11) is 1.57. The van der Waals surface area contributed by atoms with Gasteiger partial charge in [0.25, 0.3) is 5.91 Å². The van der Waals surface area contributed by atoms with Crippen molar-refractivity contribution in [3.05, 3.63) is 59.7 Å². The molecule has 7 nitrogen and oxygen atoms in total. The lowest BCUT2D eigenvalue weighted by Crippen LogP contribution is -2.51. The molecule has 0 bridgehead atoms. The van der Waals surface area contributed by atoms with E-state index in [4.69, 9.17) is 9.47 Å². The summed E-state index contributed by atoms with van der Waals surface area (Å²) in [6.45, 7) is 6.01. The second-order valence-electron chi connectivity index (χ2n) is 7.54. The number of carbonyl (C=O) groups is 2. The number of benzene rings is 2. The standard InChI is InChI=1S/C24H31N3O4/c1-3-15-31-21-10-9-20(16-22(21)30-2)24(29)27-13-11-26(12-14-27)18-23(28)25-17-19-7-5-4-6-8-19/h4-10,16H,3,11-15,17-18H2,1-2H3,(H,25,28). The predicted octanol–water partition coefficient (Wildman–Crippen LogP) is 2.56. The first-order valence-corrected chi connectivity index (χ1v) is 10.7. The first kappa shape index (κ1) is 22.6. The first-order valence-electron chi connectivity index (χ1n) is 10.7. The van der Waals surface area contributed by atoms with Crippen LogP contribution in [0.2, 0.25) is 0 Å². The van der Waals surface area contributed by atoms with Crippen molar-refractivity contribution >= 4 is 11.8 Å². The Labute approximate surface area is 183 Å². The maximum atomic E-state index is 12.9. The second-order valence-corrected chi connectivity index (χ2v) is 7.54. The van der Waals surface area contributed by atoms with E-state index < -0.39 is 0 Å². The van der Waals surface area contributed by atoms with E-state index >= 15 is 0 Å². The summed E-state index contributed by atoms with van der Waals surface area (Å²) in [5, 5.41) is 2.95. The number of piperazine rings is 1. The second kappa shape index (κ2) is 11.4. The van der Waals surface area contributed by atoms with E-state index in [2.05, 4.69) is 10.2 Å². The van der Waals surface area contributed by atoms with Crippen LogP contribution in [0.5, 0.6) is 11.5 Å². The molecule has 2 amide bonds. The average Bonchev–Trinajstić information content (AvgIpc) is 2.82. The van der Waals surface area contributed by atoms with Gasteiger partial charge in [0.1, 0.15) is 0 Å². The third-order valence-corrected chi connectivity index (χ3v) is 5.23. The highest BCUT2D eigenvalue weighted by molar-refractivity contribution is 5.95. The summed E-state index contributed by atoms with van der Waals surface area (Å²) < 4.78 is 11.0. The number of hydrogen-bond donors (Lipinski definition) is 1. The average molecular weight is 426 g/mol. The molecule has 0 spiro atoms. The van der Waals surface area contributed by atoms with E-state index in [-0.39, 0.29) is 11.8 Å². The summed E-state index contributed by atoms with van der Waals surface area (Å²) in [6.07, 6.45) is 0.901. The smallest absolute Gasteiger partial charge is 0.254 e. The van der Waals surface area contributed by atoms with Crippen LogP contribution in [0.15, 0.2) is 48.5 Å². The molecule has 0 atom stereocenters.